The Morgan fingerprint density at radius 1 is 1.33 bits per heavy atom. The fourth-order valence-electron chi connectivity index (χ4n) is 1.90. The van der Waals surface area contributed by atoms with Crippen molar-refractivity contribution < 1.29 is 14.9 Å². The molecule has 0 aliphatic rings. The summed E-state index contributed by atoms with van der Waals surface area (Å²) in [6, 6.07) is 5.41. The summed E-state index contributed by atoms with van der Waals surface area (Å²) < 4.78 is 4.99. The van der Waals surface area contributed by atoms with E-state index >= 15 is 0 Å². The molecule has 0 spiro atoms. The fraction of sp³-hybridized carbons (Fsp3) is 0.571. The van der Waals surface area contributed by atoms with Crippen LogP contribution in [-0.4, -0.2) is 30.0 Å². The Bertz CT molecular complexity index is 366. The first-order chi connectivity index (χ1) is 8.56. The molecule has 0 amide bonds. The Labute approximate surface area is 109 Å². The van der Waals surface area contributed by atoms with Crippen LogP contribution in [0.25, 0.3) is 0 Å². The van der Waals surface area contributed by atoms with E-state index in [1.54, 1.807) is 12.1 Å². The van der Waals surface area contributed by atoms with Crippen molar-refractivity contribution in [3.63, 3.8) is 0 Å². The van der Waals surface area contributed by atoms with Crippen molar-refractivity contribution in [1.29, 1.82) is 0 Å². The van der Waals surface area contributed by atoms with Crippen molar-refractivity contribution in [2.45, 2.75) is 32.9 Å². The van der Waals surface area contributed by atoms with Crippen LogP contribution in [-0.2, 0) is 6.54 Å². The smallest absolute Gasteiger partial charge is 0.160 e. The van der Waals surface area contributed by atoms with Crippen molar-refractivity contribution in [3.05, 3.63) is 23.8 Å². The fourth-order valence-corrected chi connectivity index (χ4v) is 1.90. The molecule has 0 aromatic heterocycles. The van der Waals surface area contributed by atoms with Gasteiger partial charge < -0.3 is 20.3 Å². The first-order valence-corrected chi connectivity index (χ1v) is 6.27. The Kier molecular flexibility index (Phi) is 5.95. The summed E-state index contributed by atoms with van der Waals surface area (Å²) in [5, 5.41) is 22.2. The number of hydrogen-bond acceptors (Lipinski definition) is 4. The van der Waals surface area contributed by atoms with Crippen LogP contribution in [0.2, 0.25) is 0 Å². The Morgan fingerprint density at radius 3 is 2.56 bits per heavy atom. The summed E-state index contributed by atoms with van der Waals surface area (Å²) in [7, 11) is 1.53. The van der Waals surface area contributed by atoms with E-state index in [0.717, 1.165) is 12.0 Å². The third kappa shape index (κ3) is 4.55. The second kappa shape index (κ2) is 7.24. The molecular weight excluding hydrogens is 230 g/mol. The molecule has 0 bridgehead atoms. The number of hydrogen-bond donors (Lipinski definition) is 3. The quantitative estimate of drug-likeness (QED) is 0.694. The molecule has 3 N–H and O–H groups in total. The van der Waals surface area contributed by atoms with Crippen LogP contribution in [0.4, 0.5) is 0 Å². The summed E-state index contributed by atoms with van der Waals surface area (Å²) >= 11 is 0. The van der Waals surface area contributed by atoms with Crippen LogP contribution < -0.4 is 10.1 Å². The SMILES string of the molecule is COc1ccc(CNC(CO)CC(C)C)cc1O. The van der Waals surface area contributed by atoms with Crippen LogP contribution in [0.1, 0.15) is 25.8 Å². The van der Waals surface area contributed by atoms with E-state index in [2.05, 4.69) is 19.2 Å². The van der Waals surface area contributed by atoms with Gasteiger partial charge in [0.2, 0.25) is 0 Å². The minimum Gasteiger partial charge on any atom is -0.504 e. The highest BCUT2D eigenvalue weighted by atomic mass is 16.5. The Morgan fingerprint density at radius 2 is 2.06 bits per heavy atom. The molecule has 0 saturated heterocycles. The van der Waals surface area contributed by atoms with Crippen LogP contribution in [0.5, 0.6) is 11.5 Å². The molecule has 1 rings (SSSR count). The number of nitrogens with one attached hydrogen (secondary N) is 1. The summed E-state index contributed by atoms with van der Waals surface area (Å²) in [4.78, 5) is 0. The van der Waals surface area contributed by atoms with Gasteiger partial charge in [-0.1, -0.05) is 19.9 Å². The summed E-state index contributed by atoms with van der Waals surface area (Å²) in [5.74, 6) is 1.15. The van der Waals surface area contributed by atoms with Gasteiger partial charge >= 0.3 is 0 Å². The van der Waals surface area contributed by atoms with E-state index in [0.29, 0.717) is 18.2 Å². The molecule has 1 atom stereocenters. The summed E-state index contributed by atoms with van der Waals surface area (Å²) in [6.07, 6.45) is 0.929. The highest BCUT2D eigenvalue weighted by Gasteiger charge is 2.09. The number of methoxy groups -OCH3 is 1. The van der Waals surface area contributed by atoms with Crippen molar-refractivity contribution in [2.24, 2.45) is 5.92 Å². The van der Waals surface area contributed by atoms with E-state index in [-0.39, 0.29) is 18.4 Å². The van der Waals surface area contributed by atoms with E-state index in [1.807, 2.05) is 6.07 Å². The largest absolute Gasteiger partial charge is 0.504 e. The van der Waals surface area contributed by atoms with Gasteiger partial charge in [0.15, 0.2) is 11.5 Å². The van der Waals surface area contributed by atoms with Gasteiger partial charge in [0.1, 0.15) is 0 Å². The summed E-state index contributed by atoms with van der Waals surface area (Å²) in [5.41, 5.74) is 0.968. The lowest BCUT2D eigenvalue weighted by atomic mass is 10.0. The lowest BCUT2D eigenvalue weighted by Gasteiger charge is -2.18. The topological polar surface area (TPSA) is 61.7 Å². The second-order valence-electron chi connectivity index (χ2n) is 4.90. The van der Waals surface area contributed by atoms with Gasteiger partial charge in [-0.25, -0.2) is 0 Å². The number of aliphatic hydroxyl groups excluding tert-OH is 1. The number of aliphatic hydroxyl groups is 1. The minimum absolute atomic E-state index is 0.0919. The lowest BCUT2D eigenvalue weighted by molar-refractivity contribution is 0.223. The monoisotopic (exact) mass is 253 g/mol. The maximum Gasteiger partial charge on any atom is 0.160 e. The highest BCUT2D eigenvalue weighted by molar-refractivity contribution is 5.41. The Hall–Kier alpha value is -1.26. The molecule has 18 heavy (non-hydrogen) atoms. The first kappa shape index (κ1) is 14.8. The molecule has 1 aromatic rings. The third-order valence-corrected chi connectivity index (χ3v) is 2.81. The third-order valence-electron chi connectivity index (χ3n) is 2.81. The van der Waals surface area contributed by atoms with Crippen molar-refractivity contribution >= 4 is 0 Å². The van der Waals surface area contributed by atoms with Gasteiger partial charge in [0.05, 0.1) is 13.7 Å². The molecule has 0 radical (unpaired) electrons. The second-order valence-corrected chi connectivity index (χ2v) is 4.90. The van der Waals surface area contributed by atoms with Crippen molar-refractivity contribution in [2.75, 3.05) is 13.7 Å². The molecule has 0 aliphatic carbocycles. The normalized spacial score (nSPS) is 12.7. The molecule has 0 saturated carbocycles. The first-order valence-electron chi connectivity index (χ1n) is 6.27. The lowest BCUT2D eigenvalue weighted by Crippen LogP contribution is -2.33. The number of benzene rings is 1. The molecule has 4 nitrogen and oxygen atoms in total. The maximum absolute atomic E-state index is 9.66. The van der Waals surface area contributed by atoms with Crippen LogP contribution in [0, 0.1) is 5.92 Å². The number of ether oxygens (including phenoxy) is 1. The maximum atomic E-state index is 9.66. The molecule has 0 aliphatic heterocycles. The molecule has 0 fully saturated rings. The molecule has 1 unspecified atom stereocenters. The number of rotatable bonds is 7. The number of aromatic hydroxyl groups is 1. The van der Waals surface area contributed by atoms with Crippen LogP contribution in [0.3, 0.4) is 0 Å². The standard InChI is InChI=1S/C14H23NO3/c1-10(2)6-12(9-16)15-8-11-4-5-14(18-3)13(17)7-11/h4-5,7,10,12,15-17H,6,8-9H2,1-3H3. The predicted octanol–water partition coefficient (Wildman–Crippen LogP) is 1.90. The highest BCUT2D eigenvalue weighted by Crippen LogP contribution is 2.26. The zero-order valence-electron chi connectivity index (χ0n) is 11.3. The zero-order chi connectivity index (χ0) is 13.5. The number of phenolic OH excluding ortho intramolecular Hbond substituents is 1. The molecular formula is C14H23NO3. The molecule has 4 heteroatoms. The van der Waals surface area contributed by atoms with E-state index < -0.39 is 0 Å². The van der Waals surface area contributed by atoms with Gasteiger partial charge in [-0.3, -0.25) is 0 Å². The van der Waals surface area contributed by atoms with Crippen molar-refractivity contribution in [3.8, 4) is 11.5 Å². The van der Waals surface area contributed by atoms with Crippen molar-refractivity contribution in [1.82, 2.24) is 5.32 Å². The van der Waals surface area contributed by atoms with E-state index in [9.17, 15) is 10.2 Å². The number of phenols is 1. The van der Waals surface area contributed by atoms with Gasteiger partial charge in [0.25, 0.3) is 0 Å². The zero-order valence-corrected chi connectivity index (χ0v) is 11.3. The van der Waals surface area contributed by atoms with Gasteiger partial charge in [-0.05, 0) is 30.0 Å². The molecule has 1 aromatic carbocycles. The predicted molar refractivity (Wildman–Crippen MR) is 71.8 cm³/mol. The average molecular weight is 253 g/mol. The van der Waals surface area contributed by atoms with Crippen LogP contribution >= 0.6 is 0 Å². The molecule has 0 heterocycles. The molecule has 102 valence electrons. The van der Waals surface area contributed by atoms with Gasteiger partial charge in [0, 0.05) is 12.6 Å². The van der Waals surface area contributed by atoms with Gasteiger partial charge in [-0.15, -0.1) is 0 Å². The summed E-state index contributed by atoms with van der Waals surface area (Å²) in [6.45, 7) is 5.00. The van der Waals surface area contributed by atoms with E-state index in [4.69, 9.17) is 4.74 Å². The Balaban J connectivity index is 2.54. The minimum atomic E-state index is 0.0919. The van der Waals surface area contributed by atoms with E-state index in [1.165, 1.54) is 7.11 Å². The van der Waals surface area contributed by atoms with Gasteiger partial charge in [-0.2, -0.15) is 0 Å². The average Bonchev–Trinajstić information content (AvgIpc) is 2.34. The van der Waals surface area contributed by atoms with Crippen LogP contribution in [0.15, 0.2) is 18.2 Å².